The van der Waals surface area contributed by atoms with Crippen LogP contribution in [0, 0.1) is 0 Å². The van der Waals surface area contributed by atoms with Crippen molar-refractivity contribution < 1.29 is 17.9 Å². The van der Waals surface area contributed by atoms with Gasteiger partial charge in [-0.15, -0.1) is 0 Å². The van der Waals surface area contributed by atoms with Crippen LogP contribution >= 0.6 is 0 Å². The molecular formula is C13H19NO4S. The molecule has 0 fully saturated rings. The average Bonchev–Trinajstić information content (AvgIpc) is 2.37. The predicted molar refractivity (Wildman–Crippen MR) is 72.7 cm³/mol. The number of hydrogen-bond donors (Lipinski definition) is 1. The molecule has 0 saturated carbocycles. The largest absolute Gasteiger partial charge is 0.377 e. The number of sulfonamides is 1. The van der Waals surface area contributed by atoms with E-state index in [1.54, 1.807) is 13.8 Å². The number of rotatable bonds is 6. The van der Waals surface area contributed by atoms with Crippen LogP contribution in [0.1, 0.15) is 31.1 Å². The highest BCUT2D eigenvalue weighted by Crippen LogP contribution is 2.13. The fourth-order valence-electron chi connectivity index (χ4n) is 1.29. The number of carbonyl (C=O) groups is 1. The first-order valence-corrected chi connectivity index (χ1v) is 7.32. The van der Waals surface area contributed by atoms with Gasteiger partial charge in [0.2, 0.25) is 10.0 Å². The maximum atomic E-state index is 12.0. The number of hydrogen-bond acceptors (Lipinski definition) is 4. The Balaban J connectivity index is 2.86. The fraction of sp³-hybridized carbons (Fsp3) is 0.462. The zero-order valence-electron chi connectivity index (χ0n) is 11.6. The first-order valence-electron chi connectivity index (χ1n) is 5.84. The van der Waals surface area contributed by atoms with Crippen molar-refractivity contribution in [2.24, 2.45) is 0 Å². The van der Waals surface area contributed by atoms with Crippen LogP contribution in [0.2, 0.25) is 0 Å². The number of ether oxygens (including phenoxy) is 1. The van der Waals surface area contributed by atoms with E-state index < -0.39 is 15.6 Å². The monoisotopic (exact) mass is 285 g/mol. The summed E-state index contributed by atoms with van der Waals surface area (Å²) in [5.41, 5.74) is -0.0944. The maximum Gasteiger partial charge on any atom is 0.240 e. The average molecular weight is 285 g/mol. The van der Waals surface area contributed by atoms with Crippen molar-refractivity contribution in [1.29, 1.82) is 0 Å². The molecule has 0 aliphatic heterocycles. The lowest BCUT2D eigenvalue weighted by Crippen LogP contribution is -2.39. The van der Waals surface area contributed by atoms with Crippen molar-refractivity contribution in [1.82, 2.24) is 4.72 Å². The summed E-state index contributed by atoms with van der Waals surface area (Å²) in [4.78, 5) is 11.2. The molecule has 5 nitrogen and oxygen atoms in total. The number of methoxy groups -OCH3 is 1. The van der Waals surface area contributed by atoms with Crippen LogP contribution in [0.3, 0.4) is 0 Å². The summed E-state index contributed by atoms with van der Waals surface area (Å²) in [5.74, 6) is -0.0996. The van der Waals surface area contributed by atoms with Gasteiger partial charge in [0.15, 0.2) is 5.78 Å². The van der Waals surface area contributed by atoms with Crippen LogP contribution in [0.15, 0.2) is 29.2 Å². The number of ketones is 1. The van der Waals surface area contributed by atoms with Crippen molar-refractivity contribution in [3.05, 3.63) is 29.8 Å². The molecule has 0 aliphatic rings. The molecule has 6 heteroatoms. The van der Waals surface area contributed by atoms with Gasteiger partial charge in [-0.05, 0) is 32.9 Å². The quantitative estimate of drug-likeness (QED) is 0.806. The summed E-state index contributed by atoms with van der Waals surface area (Å²) in [6.45, 7) is 5.17. The van der Waals surface area contributed by atoms with Gasteiger partial charge in [0.25, 0.3) is 0 Å². The van der Waals surface area contributed by atoms with Crippen molar-refractivity contribution >= 4 is 15.8 Å². The van der Waals surface area contributed by atoms with E-state index in [-0.39, 0.29) is 17.2 Å². The van der Waals surface area contributed by atoms with Gasteiger partial charge in [-0.2, -0.15) is 0 Å². The molecule has 0 unspecified atom stereocenters. The Morgan fingerprint density at radius 1 is 1.26 bits per heavy atom. The Morgan fingerprint density at radius 2 is 1.79 bits per heavy atom. The standard InChI is InChI=1S/C13H19NO4S/c1-10(15)11-5-7-12(8-6-11)19(16,17)14-9-13(2,3)18-4/h5-8,14H,9H2,1-4H3. The zero-order valence-corrected chi connectivity index (χ0v) is 12.4. The second kappa shape index (κ2) is 5.81. The Bertz CT molecular complexity index is 547. The van der Waals surface area contributed by atoms with Crippen molar-refractivity contribution in [2.75, 3.05) is 13.7 Å². The molecule has 0 aliphatic carbocycles. The van der Waals surface area contributed by atoms with E-state index in [1.165, 1.54) is 38.3 Å². The molecule has 0 bridgehead atoms. The minimum Gasteiger partial charge on any atom is -0.377 e. The molecule has 19 heavy (non-hydrogen) atoms. The molecular weight excluding hydrogens is 266 g/mol. The van der Waals surface area contributed by atoms with Crippen LogP contribution in [-0.4, -0.2) is 33.5 Å². The molecule has 106 valence electrons. The molecule has 0 saturated heterocycles. The third-order valence-electron chi connectivity index (χ3n) is 2.81. The molecule has 0 radical (unpaired) electrons. The van der Waals surface area contributed by atoms with Gasteiger partial charge in [0, 0.05) is 19.2 Å². The summed E-state index contributed by atoms with van der Waals surface area (Å²) in [6.07, 6.45) is 0. The topological polar surface area (TPSA) is 72.5 Å². The molecule has 1 aromatic rings. The summed E-state index contributed by atoms with van der Waals surface area (Å²) >= 11 is 0. The lowest BCUT2D eigenvalue weighted by Gasteiger charge is -2.23. The highest BCUT2D eigenvalue weighted by molar-refractivity contribution is 7.89. The Kier molecular flexibility index (Phi) is 4.84. The van der Waals surface area contributed by atoms with Gasteiger partial charge in [0.05, 0.1) is 10.5 Å². The van der Waals surface area contributed by atoms with Gasteiger partial charge >= 0.3 is 0 Å². The van der Waals surface area contributed by atoms with Crippen LogP contribution in [0.5, 0.6) is 0 Å². The third-order valence-corrected chi connectivity index (χ3v) is 4.23. The number of Topliss-reactive ketones (excluding diaryl/α,β-unsaturated/α-hetero) is 1. The molecule has 1 rings (SSSR count). The smallest absolute Gasteiger partial charge is 0.240 e. The Morgan fingerprint density at radius 3 is 2.21 bits per heavy atom. The van der Waals surface area contributed by atoms with E-state index >= 15 is 0 Å². The zero-order chi connectivity index (χ0) is 14.7. The van der Waals surface area contributed by atoms with Gasteiger partial charge in [0.1, 0.15) is 0 Å². The SMILES string of the molecule is COC(C)(C)CNS(=O)(=O)c1ccc(C(C)=O)cc1. The summed E-state index contributed by atoms with van der Waals surface area (Å²) < 4.78 is 31.7. The summed E-state index contributed by atoms with van der Waals surface area (Å²) in [6, 6.07) is 5.83. The van der Waals surface area contributed by atoms with Crippen molar-refractivity contribution in [3.63, 3.8) is 0 Å². The second-order valence-electron chi connectivity index (χ2n) is 4.87. The minimum absolute atomic E-state index is 0.0996. The minimum atomic E-state index is -3.59. The number of carbonyl (C=O) groups excluding carboxylic acids is 1. The van der Waals surface area contributed by atoms with Gasteiger partial charge in [-0.25, -0.2) is 13.1 Å². The molecule has 0 atom stereocenters. The normalized spacial score (nSPS) is 12.4. The van der Waals surface area contributed by atoms with E-state index in [1.807, 2.05) is 0 Å². The first-order chi connectivity index (χ1) is 8.68. The first kappa shape index (κ1) is 15.8. The van der Waals surface area contributed by atoms with Gasteiger partial charge in [-0.1, -0.05) is 12.1 Å². The molecule has 1 N–H and O–H groups in total. The number of nitrogens with one attached hydrogen (secondary N) is 1. The third kappa shape index (κ3) is 4.41. The summed E-state index contributed by atoms with van der Waals surface area (Å²) in [7, 11) is -2.06. The van der Waals surface area contributed by atoms with E-state index in [4.69, 9.17) is 4.74 Å². The van der Waals surface area contributed by atoms with Gasteiger partial charge < -0.3 is 4.74 Å². The Labute approximate surface area is 114 Å². The van der Waals surface area contributed by atoms with Crippen LogP contribution < -0.4 is 4.72 Å². The summed E-state index contributed by atoms with van der Waals surface area (Å²) in [5, 5.41) is 0. The van der Waals surface area contributed by atoms with Gasteiger partial charge in [-0.3, -0.25) is 4.79 Å². The molecule has 0 amide bonds. The highest BCUT2D eigenvalue weighted by atomic mass is 32.2. The second-order valence-corrected chi connectivity index (χ2v) is 6.64. The maximum absolute atomic E-state index is 12.0. The lowest BCUT2D eigenvalue weighted by molar-refractivity contribution is 0.0276. The van der Waals surface area contributed by atoms with E-state index in [2.05, 4.69) is 4.72 Å². The van der Waals surface area contributed by atoms with E-state index in [0.29, 0.717) is 5.56 Å². The molecule has 0 spiro atoms. The van der Waals surface area contributed by atoms with E-state index in [9.17, 15) is 13.2 Å². The van der Waals surface area contributed by atoms with Crippen LogP contribution in [-0.2, 0) is 14.8 Å². The predicted octanol–water partition coefficient (Wildman–Crippen LogP) is 1.59. The lowest BCUT2D eigenvalue weighted by atomic mass is 10.1. The van der Waals surface area contributed by atoms with Crippen molar-refractivity contribution in [2.45, 2.75) is 31.3 Å². The highest BCUT2D eigenvalue weighted by Gasteiger charge is 2.21. The fourth-order valence-corrected chi connectivity index (χ4v) is 2.49. The van der Waals surface area contributed by atoms with Crippen LogP contribution in [0.25, 0.3) is 0 Å². The molecule has 1 aromatic carbocycles. The van der Waals surface area contributed by atoms with Crippen molar-refractivity contribution in [3.8, 4) is 0 Å². The number of benzene rings is 1. The Hall–Kier alpha value is -1.24. The molecule has 0 heterocycles. The van der Waals surface area contributed by atoms with E-state index in [0.717, 1.165) is 0 Å². The molecule has 0 aromatic heterocycles. The van der Waals surface area contributed by atoms with Crippen LogP contribution in [0.4, 0.5) is 0 Å².